The van der Waals surface area contributed by atoms with Crippen LogP contribution in [0, 0.1) is 22.7 Å². The predicted octanol–water partition coefficient (Wildman–Crippen LogP) is 2.00. The van der Waals surface area contributed by atoms with Crippen LogP contribution in [0.4, 0.5) is 0 Å². The molecule has 0 aromatic carbocycles. The monoisotopic (exact) mass is 320 g/mol. The van der Waals surface area contributed by atoms with Gasteiger partial charge in [-0.15, -0.1) is 0 Å². The van der Waals surface area contributed by atoms with E-state index in [1.54, 1.807) is 4.90 Å². The number of hydrogen-bond donors (Lipinski definition) is 0. The third-order valence-electron chi connectivity index (χ3n) is 4.53. The van der Waals surface area contributed by atoms with E-state index in [0.717, 1.165) is 12.3 Å². The largest absolute Gasteiger partial charge is 0.340 e. The number of fused-ring (bicyclic) bond motifs is 1. The Morgan fingerprint density at radius 2 is 1.86 bits per heavy atom. The molecule has 2 atom stereocenters. The molecule has 0 bridgehead atoms. The molecule has 5 nitrogen and oxygen atoms in total. The highest BCUT2D eigenvalue weighted by Crippen LogP contribution is 2.35. The molecule has 0 N–H and O–H groups in total. The smallest absolute Gasteiger partial charge is 0.236 e. The van der Waals surface area contributed by atoms with E-state index >= 15 is 0 Å². The first-order valence-corrected chi connectivity index (χ1v) is 9.18. The van der Waals surface area contributed by atoms with E-state index in [0.29, 0.717) is 43.8 Å². The van der Waals surface area contributed by atoms with E-state index in [9.17, 15) is 4.79 Å². The first-order valence-electron chi connectivity index (χ1n) is 8.13. The van der Waals surface area contributed by atoms with Crippen molar-refractivity contribution < 1.29 is 4.79 Å². The Kier molecular flexibility index (Phi) is 7.02. The summed E-state index contributed by atoms with van der Waals surface area (Å²) in [6, 6.07) is 4.70. The Bertz CT molecular complexity index is 436. The van der Waals surface area contributed by atoms with Crippen molar-refractivity contribution in [3.05, 3.63) is 0 Å². The van der Waals surface area contributed by atoms with Crippen LogP contribution in [0.2, 0.25) is 0 Å². The number of amides is 1. The number of nitrogens with zero attached hydrogens (tertiary/aromatic N) is 4. The molecule has 0 unspecified atom stereocenters. The van der Waals surface area contributed by atoms with Gasteiger partial charge < -0.3 is 4.90 Å². The standard InChI is InChI=1S/C16H24N4OS/c17-7-3-9-19(10-4-8-18)16(21)13-20-11-12-22-15-6-2-1-5-14(15)20/h14-15H,1-6,9-13H2/t14-,15-/m1/s1. The first-order chi connectivity index (χ1) is 10.8. The second-order valence-corrected chi connectivity index (χ2v) is 7.28. The molecule has 120 valence electrons. The molecule has 1 saturated carbocycles. The zero-order valence-corrected chi connectivity index (χ0v) is 13.9. The Labute approximate surface area is 137 Å². The Balaban J connectivity index is 1.92. The molecule has 1 heterocycles. The lowest BCUT2D eigenvalue weighted by molar-refractivity contribution is -0.133. The molecule has 1 aliphatic carbocycles. The molecule has 0 spiro atoms. The van der Waals surface area contributed by atoms with Gasteiger partial charge in [0.2, 0.25) is 5.91 Å². The number of nitriles is 2. The molecule has 2 aliphatic rings. The second kappa shape index (κ2) is 9.02. The summed E-state index contributed by atoms with van der Waals surface area (Å²) in [7, 11) is 0. The summed E-state index contributed by atoms with van der Waals surface area (Å²) in [6.45, 7) is 2.29. The van der Waals surface area contributed by atoms with Crippen LogP contribution >= 0.6 is 11.8 Å². The maximum atomic E-state index is 12.6. The summed E-state index contributed by atoms with van der Waals surface area (Å²) in [5.74, 6) is 1.17. The van der Waals surface area contributed by atoms with Crippen LogP contribution in [0.1, 0.15) is 38.5 Å². The molecule has 1 aliphatic heterocycles. The predicted molar refractivity (Wildman–Crippen MR) is 87.1 cm³/mol. The van der Waals surface area contributed by atoms with Gasteiger partial charge in [0.1, 0.15) is 0 Å². The maximum Gasteiger partial charge on any atom is 0.236 e. The van der Waals surface area contributed by atoms with Gasteiger partial charge in [-0.3, -0.25) is 9.69 Å². The minimum absolute atomic E-state index is 0.0710. The lowest BCUT2D eigenvalue weighted by Crippen LogP contribution is -2.52. The van der Waals surface area contributed by atoms with Crippen molar-refractivity contribution >= 4 is 17.7 Å². The normalized spacial score (nSPS) is 24.8. The summed E-state index contributed by atoms with van der Waals surface area (Å²) < 4.78 is 0. The van der Waals surface area contributed by atoms with E-state index in [1.807, 2.05) is 0 Å². The fraction of sp³-hybridized carbons (Fsp3) is 0.812. The number of carbonyl (C=O) groups excluding carboxylic acids is 1. The summed E-state index contributed by atoms with van der Waals surface area (Å²) in [5.41, 5.74) is 0. The summed E-state index contributed by atoms with van der Waals surface area (Å²) in [5, 5.41) is 18.1. The zero-order valence-electron chi connectivity index (χ0n) is 13.0. The first kappa shape index (κ1) is 17.1. The molecule has 22 heavy (non-hydrogen) atoms. The van der Waals surface area contributed by atoms with Crippen LogP contribution in [-0.2, 0) is 4.79 Å². The van der Waals surface area contributed by atoms with Gasteiger partial charge in [-0.2, -0.15) is 22.3 Å². The van der Waals surface area contributed by atoms with E-state index in [1.165, 1.54) is 25.7 Å². The van der Waals surface area contributed by atoms with Crippen molar-refractivity contribution in [3.8, 4) is 12.1 Å². The molecule has 2 rings (SSSR count). The number of carbonyl (C=O) groups is 1. The molecule has 0 aromatic rings. The zero-order chi connectivity index (χ0) is 15.8. The Morgan fingerprint density at radius 3 is 2.55 bits per heavy atom. The van der Waals surface area contributed by atoms with Gasteiger partial charge in [-0.05, 0) is 12.8 Å². The molecule has 1 amide bonds. The average Bonchev–Trinajstić information content (AvgIpc) is 2.55. The minimum Gasteiger partial charge on any atom is -0.340 e. The molecule has 6 heteroatoms. The Morgan fingerprint density at radius 1 is 1.18 bits per heavy atom. The van der Waals surface area contributed by atoms with Crippen molar-refractivity contribution in [3.63, 3.8) is 0 Å². The van der Waals surface area contributed by atoms with Crippen molar-refractivity contribution in [2.75, 3.05) is 31.9 Å². The quantitative estimate of drug-likeness (QED) is 0.748. The van der Waals surface area contributed by atoms with Crippen LogP contribution in [0.15, 0.2) is 0 Å². The fourth-order valence-corrected chi connectivity index (χ4v) is 4.88. The van der Waals surface area contributed by atoms with Crippen molar-refractivity contribution in [1.29, 1.82) is 10.5 Å². The third-order valence-corrected chi connectivity index (χ3v) is 5.92. The number of thioether (sulfide) groups is 1. The SMILES string of the molecule is N#CCCN(CCC#N)C(=O)CN1CCS[C@@H]2CCCC[C@H]21. The highest BCUT2D eigenvalue weighted by atomic mass is 32.2. The van der Waals surface area contributed by atoms with Crippen LogP contribution < -0.4 is 0 Å². The molecular weight excluding hydrogens is 296 g/mol. The topological polar surface area (TPSA) is 71.1 Å². The highest BCUT2D eigenvalue weighted by molar-refractivity contribution is 8.00. The van der Waals surface area contributed by atoms with Crippen molar-refractivity contribution in [2.45, 2.75) is 49.8 Å². The van der Waals surface area contributed by atoms with Crippen LogP contribution in [0.5, 0.6) is 0 Å². The summed E-state index contributed by atoms with van der Waals surface area (Å²) in [4.78, 5) is 16.6. The highest BCUT2D eigenvalue weighted by Gasteiger charge is 2.35. The van der Waals surface area contributed by atoms with Crippen molar-refractivity contribution in [1.82, 2.24) is 9.80 Å². The number of hydrogen-bond acceptors (Lipinski definition) is 5. The van der Waals surface area contributed by atoms with Gasteiger partial charge in [0.05, 0.1) is 31.5 Å². The lowest BCUT2D eigenvalue weighted by atomic mass is 9.93. The van der Waals surface area contributed by atoms with Gasteiger partial charge in [0.15, 0.2) is 0 Å². The van der Waals surface area contributed by atoms with Crippen LogP contribution in [0.3, 0.4) is 0 Å². The third kappa shape index (κ3) is 4.63. The maximum absolute atomic E-state index is 12.6. The van der Waals surface area contributed by atoms with E-state index in [4.69, 9.17) is 10.5 Å². The second-order valence-electron chi connectivity index (χ2n) is 5.93. The molecule has 0 radical (unpaired) electrons. The van der Waals surface area contributed by atoms with Gasteiger partial charge >= 0.3 is 0 Å². The van der Waals surface area contributed by atoms with E-state index < -0.39 is 0 Å². The van der Waals surface area contributed by atoms with Gasteiger partial charge in [0, 0.05) is 36.7 Å². The summed E-state index contributed by atoms with van der Waals surface area (Å²) >= 11 is 2.06. The van der Waals surface area contributed by atoms with Crippen molar-refractivity contribution in [2.24, 2.45) is 0 Å². The molecule has 2 fully saturated rings. The van der Waals surface area contributed by atoms with Gasteiger partial charge in [-0.1, -0.05) is 12.8 Å². The number of rotatable bonds is 6. The Hall–Kier alpha value is -1.24. The molecule has 1 saturated heterocycles. The average molecular weight is 320 g/mol. The lowest BCUT2D eigenvalue weighted by Gasteiger charge is -2.43. The minimum atomic E-state index is 0.0710. The van der Waals surface area contributed by atoms with Gasteiger partial charge in [0.25, 0.3) is 0 Å². The van der Waals surface area contributed by atoms with E-state index in [2.05, 4.69) is 28.8 Å². The molecular formula is C16H24N4OS. The van der Waals surface area contributed by atoms with Gasteiger partial charge in [-0.25, -0.2) is 0 Å². The van der Waals surface area contributed by atoms with Crippen LogP contribution in [0.25, 0.3) is 0 Å². The molecule has 0 aromatic heterocycles. The fourth-order valence-electron chi connectivity index (χ4n) is 3.38. The van der Waals surface area contributed by atoms with E-state index in [-0.39, 0.29) is 5.91 Å². The van der Waals surface area contributed by atoms with Crippen LogP contribution in [-0.4, -0.2) is 58.9 Å². The summed E-state index contributed by atoms with van der Waals surface area (Å²) in [6.07, 6.45) is 5.71.